The Morgan fingerprint density at radius 1 is 1.23 bits per heavy atom. The molecule has 0 aliphatic carbocycles. The molecular formula is C24H41N3O6SSi. The van der Waals surface area contributed by atoms with E-state index in [0.717, 1.165) is 17.8 Å². The van der Waals surface area contributed by atoms with Crippen LogP contribution in [0.3, 0.4) is 0 Å². The van der Waals surface area contributed by atoms with Crippen LogP contribution in [-0.4, -0.2) is 74.6 Å². The number of rotatable bonds is 7. The average Bonchev–Trinajstić information content (AvgIpc) is 3.24. The first kappa shape index (κ1) is 29.2. The molecule has 2 amide bonds. The standard InChI is InChI=1S/C24H41N3O6SSi/c1-23(2,3)33-22(30)27-12-10-11-16(13-27)20-26-18(15-34-20)19(28)25-17(21(29)31-7)14-32-35(8,9)24(4,5)6/h15-17H,10-14H2,1-9H3,(H,25,28). The second-order valence-electron chi connectivity index (χ2n) is 11.5. The van der Waals surface area contributed by atoms with Crippen molar-refractivity contribution in [2.24, 2.45) is 0 Å². The van der Waals surface area contributed by atoms with Gasteiger partial charge in [-0.3, -0.25) is 4.79 Å². The van der Waals surface area contributed by atoms with Crippen molar-refractivity contribution in [3.8, 4) is 0 Å². The normalized spacial score (nSPS) is 18.1. The highest BCUT2D eigenvalue weighted by Gasteiger charge is 2.39. The van der Waals surface area contributed by atoms with E-state index in [2.05, 4.69) is 44.2 Å². The van der Waals surface area contributed by atoms with Crippen LogP contribution in [0.4, 0.5) is 4.79 Å². The lowest BCUT2D eigenvalue weighted by molar-refractivity contribution is -0.143. The Morgan fingerprint density at radius 2 is 1.89 bits per heavy atom. The molecule has 1 aromatic rings. The molecule has 2 rings (SSSR count). The highest BCUT2D eigenvalue weighted by molar-refractivity contribution is 7.09. The second-order valence-corrected chi connectivity index (χ2v) is 17.2. The number of carbonyl (C=O) groups is 3. The summed E-state index contributed by atoms with van der Waals surface area (Å²) >= 11 is 1.38. The summed E-state index contributed by atoms with van der Waals surface area (Å²) in [6.07, 6.45) is 1.37. The van der Waals surface area contributed by atoms with Gasteiger partial charge in [-0.15, -0.1) is 11.3 Å². The van der Waals surface area contributed by atoms with Crippen LogP contribution in [0.1, 0.15) is 75.8 Å². The molecule has 2 heterocycles. The van der Waals surface area contributed by atoms with E-state index in [1.165, 1.54) is 18.4 Å². The second kappa shape index (κ2) is 11.4. The summed E-state index contributed by atoms with van der Waals surface area (Å²) in [5.41, 5.74) is -0.318. The highest BCUT2D eigenvalue weighted by Crippen LogP contribution is 2.36. The number of methoxy groups -OCH3 is 1. The van der Waals surface area contributed by atoms with Gasteiger partial charge in [-0.2, -0.15) is 0 Å². The summed E-state index contributed by atoms with van der Waals surface area (Å²) in [5.74, 6) is -0.990. The third-order valence-electron chi connectivity index (χ3n) is 6.38. The zero-order chi connectivity index (χ0) is 26.6. The van der Waals surface area contributed by atoms with E-state index in [0.29, 0.717) is 13.1 Å². The minimum Gasteiger partial charge on any atom is -0.467 e. The molecule has 0 spiro atoms. The Hall–Kier alpha value is -1.98. The first-order valence-corrected chi connectivity index (χ1v) is 15.8. The molecule has 9 nitrogen and oxygen atoms in total. The predicted octanol–water partition coefficient (Wildman–Crippen LogP) is 4.55. The van der Waals surface area contributed by atoms with Crippen LogP contribution in [0, 0.1) is 0 Å². The molecule has 1 saturated heterocycles. The van der Waals surface area contributed by atoms with Crippen LogP contribution in [0.25, 0.3) is 0 Å². The van der Waals surface area contributed by atoms with Gasteiger partial charge in [-0.1, -0.05) is 20.8 Å². The highest BCUT2D eigenvalue weighted by atomic mass is 32.1. The molecule has 0 radical (unpaired) electrons. The number of piperidine rings is 1. The molecule has 1 fully saturated rings. The molecule has 1 aliphatic rings. The van der Waals surface area contributed by atoms with Gasteiger partial charge in [0.05, 0.1) is 18.7 Å². The van der Waals surface area contributed by atoms with Crippen LogP contribution in [0.2, 0.25) is 18.1 Å². The summed E-state index contributed by atoms with van der Waals surface area (Å²) in [5, 5.41) is 5.16. The summed E-state index contributed by atoms with van der Waals surface area (Å²) in [6, 6.07) is -0.927. The van der Waals surface area contributed by atoms with Crippen LogP contribution in [0.15, 0.2) is 5.38 Å². The molecule has 1 aliphatic heterocycles. The molecule has 1 aromatic heterocycles. The summed E-state index contributed by atoms with van der Waals surface area (Å²) in [6.45, 7) is 17.2. The minimum absolute atomic E-state index is 0.0288. The van der Waals surface area contributed by atoms with E-state index >= 15 is 0 Å². The number of thiazole rings is 1. The van der Waals surface area contributed by atoms with E-state index < -0.39 is 31.8 Å². The molecular weight excluding hydrogens is 486 g/mol. The fraction of sp³-hybridized carbons (Fsp3) is 0.750. The van der Waals surface area contributed by atoms with Crippen molar-refractivity contribution in [3.63, 3.8) is 0 Å². The fourth-order valence-corrected chi connectivity index (χ4v) is 5.25. The van der Waals surface area contributed by atoms with Crippen molar-refractivity contribution in [1.82, 2.24) is 15.2 Å². The van der Waals surface area contributed by atoms with Crippen molar-refractivity contribution in [2.45, 2.75) is 90.1 Å². The lowest BCUT2D eigenvalue weighted by Gasteiger charge is -2.37. The van der Waals surface area contributed by atoms with Crippen LogP contribution in [0.5, 0.6) is 0 Å². The molecule has 2 unspecified atom stereocenters. The van der Waals surface area contributed by atoms with E-state index in [9.17, 15) is 14.4 Å². The number of nitrogens with one attached hydrogen (secondary N) is 1. The number of esters is 1. The number of likely N-dealkylation sites (tertiary alicyclic amines) is 1. The lowest BCUT2D eigenvalue weighted by atomic mass is 9.99. The summed E-state index contributed by atoms with van der Waals surface area (Å²) < 4.78 is 16.5. The lowest BCUT2D eigenvalue weighted by Crippen LogP contribution is -2.49. The number of nitrogens with zero attached hydrogens (tertiary/aromatic N) is 2. The third-order valence-corrected chi connectivity index (χ3v) is 11.9. The quantitative estimate of drug-likeness (QED) is 0.409. The van der Waals surface area contributed by atoms with E-state index in [4.69, 9.17) is 13.9 Å². The van der Waals surface area contributed by atoms with Gasteiger partial charge >= 0.3 is 12.1 Å². The monoisotopic (exact) mass is 527 g/mol. The Morgan fingerprint density at radius 3 is 2.46 bits per heavy atom. The van der Waals surface area contributed by atoms with Crippen molar-refractivity contribution >= 4 is 37.6 Å². The SMILES string of the molecule is COC(=O)C(CO[Si](C)(C)C(C)(C)C)NC(=O)c1csc(C2CCCN(C(=O)OC(C)(C)C)C2)n1. The van der Waals surface area contributed by atoms with Crippen LogP contribution < -0.4 is 5.32 Å². The number of ether oxygens (including phenoxy) is 2. The van der Waals surface area contributed by atoms with Crippen molar-refractivity contribution in [3.05, 3.63) is 16.1 Å². The van der Waals surface area contributed by atoms with Crippen LogP contribution in [-0.2, 0) is 18.7 Å². The number of carbonyl (C=O) groups excluding carboxylic acids is 3. The molecule has 1 N–H and O–H groups in total. The number of aromatic nitrogens is 1. The third kappa shape index (κ3) is 8.28. The Bertz CT molecular complexity index is 906. The van der Waals surface area contributed by atoms with Gasteiger partial charge in [0.15, 0.2) is 8.32 Å². The first-order chi connectivity index (χ1) is 16.0. The smallest absolute Gasteiger partial charge is 0.410 e. The fourth-order valence-electron chi connectivity index (χ4n) is 3.30. The topological polar surface area (TPSA) is 107 Å². The van der Waals surface area contributed by atoms with Gasteiger partial charge in [0.25, 0.3) is 5.91 Å². The largest absolute Gasteiger partial charge is 0.467 e. The van der Waals surface area contributed by atoms with Gasteiger partial charge in [-0.05, 0) is 51.7 Å². The van der Waals surface area contributed by atoms with Crippen LogP contribution >= 0.6 is 11.3 Å². The van der Waals surface area contributed by atoms with Gasteiger partial charge in [0.2, 0.25) is 0 Å². The van der Waals surface area contributed by atoms with Crippen molar-refractivity contribution in [2.75, 3.05) is 26.8 Å². The molecule has 35 heavy (non-hydrogen) atoms. The zero-order valence-electron chi connectivity index (χ0n) is 22.5. The van der Waals surface area contributed by atoms with Gasteiger partial charge in [0.1, 0.15) is 17.3 Å². The number of amides is 2. The molecule has 198 valence electrons. The maximum Gasteiger partial charge on any atom is 0.410 e. The zero-order valence-corrected chi connectivity index (χ0v) is 24.3. The predicted molar refractivity (Wildman–Crippen MR) is 138 cm³/mol. The number of hydrogen-bond acceptors (Lipinski definition) is 8. The Kier molecular flexibility index (Phi) is 9.51. The molecule has 0 saturated carbocycles. The maximum absolute atomic E-state index is 12.9. The maximum atomic E-state index is 12.9. The summed E-state index contributed by atoms with van der Waals surface area (Å²) in [7, 11) is -0.835. The Balaban J connectivity index is 2.05. The van der Waals surface area contributed by atoms with E-state index in [-0.39, 0.29) is 29.4 Å². The Labute approximate surface area is 214 Å². The van der Waals surface area contributed by atoms with E-state index in [1.54, 1.807) is 10.3 Å². The summed E-state index contributed by atoms with van der Waals surface area (Å²) in [4.78, 5) is 44.0. The van der Waals surface area contributed by atoms with Gasteiger partial charge in [-0.25, -0.2) is 14.6 Å². The minimum atomic E-state index is -2.12. The first-order valence-electron chi connectivity index (χ1n) is 12.0. The number of hydrogen-bond donors (Lipinski definition) is 1. The average molecular weight is 528 g/mol. The van der Waals surface area contributed by atoms with Gasteiger partial charge < -0.3 is 24.1 Å². The molecule has 0 aromatic carbocycles. The van der Waals surface area contributed by atoms with E-state index in [1.807, 2.05) is 20.8 Å². The van der Waals surface area contributed by atoms with Gasteiger partial charge in [0, 0.05) is 24.4 Å². The molecule has 11 heteroatoms. The van der Waals surface area contributed by atoms with Crippen molar-refractivity contribution < 1.29 is 28.3 Å². The molecule has 0 bridgehead atoms. The van der Waals surface area contributed by atoms with Crippen molar-refractivity contribution in [1.29, 1.82) is 0 Å². The molecule has 2 atom stereocenters.